The van der Waals surface area contributed by atoms with Crippen LogP contribution in [0.3, 0.4) is 0 Å². The number of nitrogens with zero attached hydrogens (tertiary/aromatic N) is 7. The van der Waals surface area contributed by atoms with E-state index in [1.807, 2.05) is 11.9 Å². The first-order chi connectivity index (χ1) is 20.9. The Kier molecular flexibility index (Phi) is 8.21. The molecule has 2 saturated heterocycles. The van der Waals surface area contributed by atoms with E-state index >= 15 is 4.39 Å². The van der Waals surface area contributed by atoms with Crippen molar-refractivity contribution in [3.63, 3.8) is 0 Å². The summed E-state index contributed by atoms with van der Waals surface area (Å²) in [5.74, 6) is -0.681. The van der Waals surface area contributed by atoms with E-state index in [9.17, 15) is 14.4 Å². The number of pyridine rings is 1. The summed E-state index contributed by atoms with van der Waals surface area (Å²) in [6, 6.07) is 5.04. The van der Waals surface area contributed by atoms with Gasteiger partial charge < -0.3 is 19.4 Å². The molecule has 3 aromatic rings. The predicted molar refractivity (Wildman–Crippen MR) is 159 cm³/mol. The highest BCUT2D eigenvalue weighted by Crippen LogP contribution is 2.37. The predicted octanol–water partition coefficient (Wildman–Crippen LogP) is 4.44. The molecular weight excluding hydrogens is 552 g/mol. The molecule has 1 aliphatic carbocycles. The van der Waals surface area contributed by atoms with Gasteiger partial charge in [-0.25, -0.2) is 8.78 Å². The van der Waals surface area contributed by atoms with Gasteiger partial charge in [-0.3, -0.25) is 9.78 Å². The van der Waals surface area contributed by atoms with Crippen LogP contribution in [0.15, 0.2) is 31.0 Å². The summed E-state index contributed by atoms with van der Waals surface area (Å²) in [5.41, 5.74) is 2.21. The number of anilines is 1. The van der Waals surface area contributed by atoms with Crippen molar-refractivity contribution in [1.29, 1.82) is 5.26 Å². The van der Waals surface area contributed by atoms with Gasteiger partial charge in [0.05, 0.1) is 23.9 Å². The number of likely N-dealkylation sites (N-methyl/N-ethyl adjacent to an activating group) is 1. The standard InChI is InChI=1S/C32H35F2N7O2/c1-3-27(42)41-16-15-40(18-20(41)12-13-35)31-25-17-36-29(24-10-11-26(33)23-9-5-4-8-22(23)24)28(34)30(25)37-32(38-31)43-19-21-7-6-14-39(21)2/h3,10-11,17,20-21H,1,4-9,12,14-16,18-19H2,2H3. The quantitative estimate of drug-likeness (QED) is 0.375. The van der Waals surface area contributed by atoms with Gasteiger partial charge in [-0.1, -0.05) is 6.58 Å². The molecule has 0 N–H and O–H groups in total. The van der Waals surface area contributed by atoms with Gasteiger partial charge in [0.15, 0.2) is 5.82 Å². The second-order valence-corrected chi connectivity index (χ2v) is 11.6. The minimum Gasteiger partial charge on any atom is -0.462 e. The van der Waals surface area contributed by atoms with Crippen molar-refractivity contribution in [1.82, 2.24) is 24.8 Å². The molecule has 11 heteroatoms. The van der Waals surface area contributed by atoms with Crippen LogP contribution in [-0.2, 0) is 17.6 Å². The molecule has 4 heterocycles. The Hall–Kier alpha value is -4.17. The molecule has 0 radical (unpaired) electrons. The fourth-order valence-electron chi connectivity index (χ4n) is 6.66. The molecular formula is C32H35F2N7O2. The van der Waals surface area contributed by atoms with Crippen LogP contribution in [0.1, 0.15) is 43.2 Å². The minimum atomic E-state index is -0.614. The van der Waals surface area contributed by atoms with Gasteiger partial charge in [0.1, 0.15) is 29.5 Å². The fraction of sp³-hybridized carbons (Fsp3) is 0.469. The summed E-state index contributed by atoms with van der Waals surface area (Å²) < 4.78 is 37.3. The van der Waals surface area contributed by atoms with E-state index < -0.39 is 11.9 Å². The number of hydrogen-bond acceptors (Lipinski definition) is 8. The number of amides is 1. The zero-order chi connectivity index (χ0) is 30.1. The number of halogens is 2. The van der Waals surface area contributed by atoms with Crippen LogP contribution in [0.2, 0.25) is 0 Å². The Morgan fingerprint density at radius 2 is 1.95 bits per heavy atom. The highest BCUT2D eigenvalue weighted by atomic mass is 19.1. The van der Waals surface area contributed by atoms with E-state index in [0.717, 1.165) is 37.8 Å². The van der Waals surface area contributed by atoms with Crippen molar-refractivity contribution < 1.29 is 18.3 Å². The summed E-state index contributed by atoms with van der Waals surface area (Å²) in [5, 5.41) is 9.87. The van der Waals surface area contributed by atoms with Crippen LogP contribution in [0.5, 0.6) is 6.01 Å². The number of likely N-dealkylation sites (tertiary alicyclic amines) is 1. The maximum Gasteiger partial charge on any atom is 0.319 e. The van der Waals surface area contributed by atoms with Crippen molar-refractivity contribution in [3.05, 3.63) is 53.7 Å². The number of aromatic nitrogens is 3. The van der Waals surface area contributed by atoms with E-state index in [0.29, 0.717) is 61.4 Å². The second-order valence-electron chi connectivity index (χ2n) is 11.6. The number of piperazine rings is 1. The lowest BCUT2D eigenvalue weighted by atomic mass is 9.86. The average molecular weight is 588 g/mol. The summed E-state index contributed by atoms with van der Waals surface area (Å²) in [4.78, 5) is 32.1. The number of hydrogen-bond donors (Lipinski definition) is 0. The first kappa shape index (κ1) is 28.9. The first-order valence-corrected chi connectivity index (χ1v) is 14.9. The van der Waals surface area contributed by atoms with Crippen molar-refractivity contribution in [3.8, 4) is 23.3 Å². The molecule has 224 valence electrons. The summed E-state index contributed by atoms with van der Waals surface area (Å²) >= 11 is 0. The van der Waals surface area contributed by atoms with Gasteiger partial charge in [0.25, 0.3) is 0 Å². The lowest BCUT2D eigenvalue weighted by molar-refractivity contribution is -0.128. The van der Waals surface area contributed by atoms with Gasteiger partial charge in [-0.05, 0) is 81.5 Å². The Labute approximate surface area is 249 Å². The van der Waals surface area contributed by atoms with E-state index in [2.05, 4.69) is 27.5 Å². The smallest absolute Gasteiger partial charge is 0.319 e. The van der Waals surface area contributed by atoms with Crippen molar-refractivity contribution in [2.45, 2.75) is 57.0 Å². The third kappa shape index (κ3) is 5.52. The molecule has 1 aromatic carbocycles. The van der Waals surface area contributed by atoms with Gasteiger partial charge in [-0.15, -0.1) is 0 Å². The van der Waals surface area contributed by atoms with Crippen LogP contribution in [0.25, 0.3) is 22.2 Å². The molecule has 2 aromatic heterocycles. The van der Waals surface area contributed by atoms with Gasteiger partial charge in [0, 0.05) is 37.4 Å². The SMILES string of the molecule is C=CC(=O)N1CCN(c2nc(OCC3CCCN3C)nc3c(F)c(-c4ccc(F)c5c4CCCC5)ncc23)CC1CC#N. The number of carbonyl (C=O) groups is 1. The van der Waals surface area contributed by atoms with Gasteiger partial charge >= 0.3 is 6.01 Å². The van der Waals surface area contributed by atoms with Gasteiger partial charge in [-0.2, -0.15) is 15.2 Å². The third-order valence-electron chi connectivity index (χ3n) is 9.02. The van der Waals surface area contributed by atoms with E-state index in [1.54, 1.807) is 17.2 Å². The maximum atomic E-state index is 16.5. The van der Waals surface area contributed by atoms with Crippen LogP contribution in [0, 0.1) is 23.0 Å². The highest BCUT2D eigenvalue weighted by molar-refractivity contribution is 5.92. The highest BCUT2D eigenvalue weighted by Gasteiger charge is 2.32. The number of fused-ring (bicyclic) bond motifs is 2. The van der Waals surface area contributed by atoms with Crippen molar-refractivity contribution in [2.24, 2.45) is 0 Å². The molecule has 3 aliphatic rings. The maximum absolute atomic E-state index is 16.5. The summed E-state index contributed by atoms with van der Waals surface area (Å²) in [6.45, 7) is 6.02. The Balaban J connectivity index is 1.43. The molecule has 2 atom stereocenters. The van der Waals surface area contributed by atoms with Crippen LogP contribution in [0.4, 0.5) is 14.6 Å². The molecule has 0 saturated carbocycles. The minimum absolute atomic E-state index is 0.0569. The van der Waals surface area contributed by atoms with Crippen LogP contribution >= 0.6 is 0 Å². The van der Waals surface area contributed by atoms with E-state index in [1.165, 1.54) is 12.1 Å². The molecule has 9 nitrogen and oxygen atoms in total. The lowest BCUT2D eigenvalue weighted by Gasteiger charge is -2.41. The molecule has 43 heavy (non-hydrogen) atoms. The van der Waals surface area contributed by atoms with Crippen molar-refractivity contribution in [2.75, 3.05) is 44.7 Å². The van der Waals surface area contributed by atoms with Crippen molar-refractivity contribution >= 4 is 22.6 Å². The Morgan fingerprint density at radius 3 is 2.70 bits per heavy atom. The normalized spacial score (nSPS) is 20.6. The molecule has 2 aliphatic heterocycles. The topological polar surface area (TPSA) is 98.5 Å². The Bertz CT molecular complexity index is 1610. The van der Waals surface area contributed by atoms with Crippen LogP contribution < -0.4 is 9.64 Å². The van der Waals surface area contributed by atoms with E-state index in [-0.39, 0.29) is 41.4 Å². The first-order valence-electron chi connectivity index (χ1n) is 14.9. The number of ether oxygens (including phenoxy) is 1. The number of rotatable bonds is 7. The number of carbonyl (C=O) groups excluding carboxylic acids is 1. The monoisotopic (exact) mass is 587 g/mol. The Morgan fingerprint density at radius 1 is 1.14 bits per heavy atom. The zero-order valence-corrected chi connectivity index (χ0v) is 24.4. The molecule has 1 amide bonds. The third-order valence-corrected chi connectivity index (χ3v) is 9.02. The van der Waals surface area contributed by atoms with E-state index in [4.69, 9.17) is 9.72 Å². The largest absolute Gasteiger partial charge is 0.462 e. The average Bonchev–Trinajstić information content (AvgIpc) is 3.44. The molecule has 2 fully saturated rings. The number of nitriles is 1. The summed E-state index contributed by atoms with van der Waals surface area (Å²) in [6.07, 6.45) is 8.09. The molecule has 6 rings (SSSR count). The molecule has 2 unspecified atom stereocenters. The lowest BCUT2D eigenvalue weighted by Crippen LogP contribution is -2.55. The second kappa shape index (κ2) is 12.2. The molecule has 0 bridgehead atoms. The van der Waals surface area contributed by atoms with Gasteiger partial charge in [0.2, 0.25) is 5.91 Å². The zero-order valence-electron chi connectivity index (χ0n) is 24.4. The molecule has 0 spiro atoms. The summed E-state index contributed by atoms with van der Waals surface area (Å²) in [7, 11) is 2.05. The van der Waals surface area contributed by atoms with Crippen LogP contribution in [-0.4, -0.2) is 82.6 Å². The fourth-order valence-corrected chi connectivity index (χ4v) is 6.66. The number of benzene rings is 1.